The van der Waals surface area contributed by atoms with Crippen LogP contribution >= 0.6 is 0 Å². The highest BCUT2D eigenvalue weighted by molar-refractivity contribution is 5.93. The Labute approximate surface area is 201 Å². The van der Waals surface area contributed by atoms with E-state index in [1.807, 2.05) is 0 Å². The van der Waals surface area contributed by atoms with E-state index in [0.29, 0.717) is 0 Å². The Morgan fingerprint density at radius 3 is 1.65 bits per heavy atom. The number of fused-ring (bicyclic) bond motifs is 8. The summed E-state index contributed by atoms with van der Waals surface area (Å²) in [7, 11) is 0. The Bertz CT molecular complexity index is 1480. The van der Waals surface area contributed by atoms with Crippen LogP contribution in [0.1, 0.15) is 87.8 Å². The number of aromatic amines is 2. The molecular weight excluding hydrogens is 416 g/mol. The highest BCUT2D eigenvalue weighted by Gasteiger charge is 2.18. The van der Waals surface area contributed by atoms with Crippen LogP contribution in [0.25, 0.3) is 44.9 Å². The smallest absolute Gasteiger partial charge is 0.0693 e. The van der Waals surface area contributed by atoms with Crippen LogP contribution < -0.4 is 0 Å². The highest BCUT2D eigenvalue weighted by atomic mass is 14.8. The molecule has 0 saturated heterocycles. The van der Waals surface area contributed by atoms with Gasteiger partial charge in [-0.2, -0.15) is 0 Å². The topological polar surface area (TPSA) is 57.4 Å². The van der Waals surface area contributed by atoms with Crippen molar-refractivity contribution in [2.24, 2.45) is 0 Å². The molecule has 2 N–H and O–H groups in total. The van der Waals surface area contributed by atoms with E-state index >= 15 is 0 Å². The summed E-state index contributed by atoms with van der Waals surface area (Å²) in [6, 6.07) is 13.4. The second kappa shape index (κ2) is 9.09. The zero-order valence-corrected chi connectivity index (χ0v) is 21.0. The number of aryl methyl sites for hydroxylation is 2. The van der Waals surface area contributed by atoms with E-state index in [4.69, 9.17) is 9.97 Å². The van der Waals surface area contributed by atoms with E-state index in [9.17, 15) is 0 Å². The molecule has 0 fully saturated rings. The molecule has 0 atom stereocenters. The van der Waals surface area contributed by atoms with Crippen molar-refractivity contribution in [2.45, 2.75) is 66.7 Å². The van der Waals surface area contributed by atoms with Gasteiger partial charge < -0.3 is 9.97 Å². The van der Waals surface area contributed by atoms with Crippen LogP contribution in [0.5, 0.6) is 0 Å². The molecule has 3 aromatic heterocycles. The molecule has 4 heteroatoms. The molecule has 2 aliphatic rings. The quantitative estimate of drug-likeness (QED) is 0.412. The fourth-order valence-corrected chi connectivity index (χ4v) is 5.23. The molecule has 34 heavy (non-hydrogen) atoms. The summed E-state index contributed by atoms with van der Waals surface area (Å²) < 4.78 is 0. The molecule has 0 aromatic carbocycles. The van der Waals surface area contributed by atoms with Crippen molar-refractivity contribution >= 4 is 44.9 Å². The number of aromatic nitrogens is 4. The van der Waals surface area contributed by atoms with Gasteiger partial charge in [-0.1, -0.05) is 34.6 Å². The molecule has 3 aromatic rings. The molecule has 4 nitrogen and oxygen atoms in total. The maximum atomic E-state index is 5.12. The van der Waals surface area contributed by atoms with Gasteiger partial charge in [0.1, 0.15) is 0 Å². The first kappa shape index (κ1) is 22.4. The first-order chi connectivity index (χ1) is 16.6. The SMILES string of the molecule is CCC1=Cc2cc3nc(cc4[nH]c(cc4CC)cc4cc(CC)c(cc1n2)[nH]4)C(CC)=C3CC. The lowest BCUT2D eigenvalue weighted by atomic mass is 10.0. The first-order valence-corrected chi connectivity index (χ1v) is 12.7. The second-order valence-corrected chi connectivity index (χ2v) is 9.10. The van der Waals surface area contributed by atoms with Gasteiger partial charge in [0, 0.05) is 22.1 Å². The van der Waals surface area contributed by atoms with Crippen LogP contribution in [0, 0.1) is 0 Å². The average Bonchev–Trinajstić information content (AvgIpc) is 3.58. The van der Waals surface area contributed by atoms with E-state index in [1.165, 1.54) is 27.8 Å². The molecular formula is C30H34N4. The van der Waals surface area contributed by atoms with Gasteiger partial charge in [-0.05, 0) is 102 Å². The Morgan fingerprint density at radius 1 is 0.559 bits per heavy atom. The van der Waals surface area contributed by atoms with Crippen LogP contribution in [-0.2, 0) is 12.8 Å². The Kier molecular flexibility index (Phi) is 5.99. The minimum absolute atomic E-state index is 0.951. The Balaban J connectivity index is 1.92. The fourth-order valence-electron chi connectivity index (χ4n) is 5.23. The Morgan fingerprint density at radius 2 is 1.12 bits per heavy atom. The van der Waals surface area contributed by atoms with E-state index in [2.05, 4.69) is 87.1 Å². The van der Waals surface area contributed by atoms with E-state index in [1.54, 1.807) is 0 Å². The van der Waals surface area contributed by atoms with Gasteiger partial charge in [-0.3, -0.25) is 0 Å². The number of hydrogen-bond acceptors (Lipinski definition) is 2. The molecule has 0 spiro atoms. The maximum absolute atomic E-state index is 5.12. The molecule has 0 unspecified atom stereocenters. The summed E-state index contributed by atoms with van der Waals surface area (Å²) in [5.41, 5.74) is 15.3. The minimum atomic E-state index is 0.951. The van der Waals surface area contributed by atoms with Crippen molar-refractivity contribution in [2.75, 3.05) is 0 Å². The van der Waals surface area contributed by atoms with Crippen molar-refractivity contribution in [1.29, 1.82) is 0 Å². The summed E-state index contributed by atoms with van der Waals surface area (Å²) >= 11 is 0. The van der Waals surface area contributed by atoms with E-state index < -0.39 is 0 Å². The number of allylic oxidation sites excluding steroid dienone is 3. The summed E-state index contributed by atoms with van der Waals surface area (Å²) in [6.07, 6.45) is 7.05. The second-order valence-electron chi connectivity index (χ2n) is 9.10. The molecule has 2 aliphatic heterocycles. The number of H-pyrrole nitrogens is 2. The van der Waals surface area contributed by atoms with Crippen molar-refractivity contribution < 1.29 is 0 Å². The lowest BCUT2D eigenvalue weighted by Gasteiger charge is -2.02. The third-order valence-electron chi connectivity index (χ3n) is 7.04. The van der Waals surface area contributed by atoms with Crippen molar-refractivity contribution in [3.63, 3.8) is 0 Å². The van der Waals surface area contributed by atoms with Gasteiger partial charge in [0.25, 0.3) is 0 Å². The number of rotatable bonds is 5. The number of hydrogen-bond donors (Lipinski definition) is 2. The summed E-state index contributed by atoms with van der Waals surface area (Å²) in [5, 5.41) is 0. The monoisotopic (exact) mass is 450 g/mol. The summed E-state index contributed by atoms with van der Waals surface area (Å²) in [4.78, 5) is 17.4. The molecule has 5 heterocycles. The third-order valence-corrected chi connectivity index (χ3v) is 7.04. The number of nitrogens with zero attached hydrogens (tertiary/aromatic N) is 2. The normalized spacial score (nSPS) is 13.5. The highest BCUT2D eigenvalue weighted by Crippen LogP contribution is 2.35. The van der Waals surface area contributed by atoms with Gasteiger partial charge in [0.05, 0.1) is 22.8 Å². The van der Waals surface area contributed by atoms with Crippen LogP contribution in [0.2, 0.25) is 0 Å². The van der Waals surface area contributed by atoms with Crippen molar-refractivity contribution in [3.05, 3.63) is 70.3 Å². The largest absolute Gasteiger partial charge is 0.355 e. The summed E-state index contributed by atoms with van der Waals surface area (Å²) in [5.74, 6) is 0. The van der Waals surface area contributed by atoms with E-state index in [0.717, 1.165) is 76.9 Å². The van der Waals surface area contributed by atoms with Crippen LogP contribution in [0.3, 0.4) is 0 Å². The summed E-state index contributed by atoms with van der Waals surface area (Å²) in [6.45, 7) is 11.1. The molecule has 0 saturated carbocycles. The van der Waals surface area contributed by atoms with Crippen LogP contribution in [0.15, 0.2) is 36.4 Å². The molecule has 5 rings (SSSR count). The predicted octanol–water partition coefficient (Wildman–Crippen LogP) is 8.12. The van der Waals surface area contributed by atoms with E-state index in [-0.39, 0.29) is 0 Å². The molecule has 174 valence electrons. The zero-order chi connectivity index (χ0) is 23.8. The van der Waals surface area contributed by atoms with Gasteiger partial charge in [0.15, 0.2) is 0 Å². The average molecular weight is 451 g/mol. The van der Waals surface area contributed by atoms with Crippen molar-refractivity contribution in [3.8, 4) is 0 Å². The molecule has 0 radical (unpaired) electrons. The zero-order valence-electron chi connectivity index (χ0n) is 21.0. The van der Waals surface area contributed by atoms with Gasteiger partial charge in [-0.15, -0.1) is 0 Å². The van der Waals surface area contributed by atoms with Crippen LogP contribution in [0.4, 0.5) is 0 Å². The molecule has 0 aliphatic carbocycles. The van der Waals surface area contributed by atoms with Gasteiger partial charge in [-0.25, -0.2) is 9.97 Å². The van der Waals surface area contributed by atoms with Gasteiger partial charge in [0.2, 0.25) is 0 Å². The predicted molar refractivity (Wildman–Crippen MR) is 145 cm³/mol. The Hall–Kier alpha value is -3.40. The number of nitrogens with one attached hydrogen (secondary N) is 2. The van der Waals surface area contributed by atoms with Crippen LogP contribution in [-0.4, -0.2) is 19.9 Å². The maximum Gasteiger partial charge on any atom is 0.0693 e. The first-order valence-electron chi connectivity index (χ1n) is 12.7. The standard InChI is InChI=1S/C30H34N4/c1-6-18-11-21-14-22-12-19(7-2)28(32-22)17-30-25(10-5)24(9-4)29(34-30)15-23-13-20(8-3)27(33-23)16-26(18)31-21/h11-17,31-32H,6-10H2,1-5H3. The molecule has 0 amide bonds. The lowest BCUT2D eigenvalue weighted by Crippen LogP contribution is -1.83. The molecule has 8 bridgehead atoms. The van der Waals surface area contributed by atoms with Crippen molar-refractivity contribution in [1.82, 2.24) is 19.9 Å². The minimum Gasteiger partial charge on any atom is -0.355 e. The fraction of sp³-hybridized carbons (Fsp3) is 0.333. The lowest BCUT2D eigenvalue weighted by molar-refractivity contribution is 1.16. The third kappa shape index (κ3) is 3.91. The van der Waals surface area contributed by atoms with Gasteiger partial charge >= 0.3 is 0 Å².